The second-order valence-corrected chi connectivity index (χ2v) is 8.59. The molecule has 1 unspecified atom stereocenters. The average Bonchev–Trinajstić information content (AvgIpc) is 3.36. The molecule has 0 radical (unpaired) electrons. The standard InChI is InChI=1S/C22H16Cl2N2O4S/c1-30-21-14(9-13(23)10-15(21)24)19(27)17-18(16-3-2-8-31-16)26(22(29)20(17)28)11-12-4-6-25-7-5-12/h2-10,18,27H,11H2,1H3/b19-17-. The number of aromatic nitrogens is 1. The Hall–Kier alpha value is -2.87. The Balaban J connectivity index is 1.90. The second kappa shape index (κ2) is 8.70. The number of ketones is 1. The van der Waals surface area contributed by atoms with Gasteiger partial charge in [0.1, 0.15) is 11.5 Å². The van der Waals surface area contributed by atoms with Gasteiger partial charge >= 0.3 is 0 Å². The lowest BCUT2D eigenvalue weighted by molar-refractivity contribution is -0.140. The summed E-state index contributed by atoms with van der Waals surface area (Å²) >= 11 is 13.7. The van der Waals surface area contributed by atoms with Crippen molar-refractivity contribution in [3.63, 3.8) is 0 Å². The molecule has 1 N–H and O–H groups in total. The molecule has 2 aromatic heterocycles. The first-order valence-corrected chi connectivity index (χ1v) is 10.8. The lowest BCUT2D eigenvalue weighted by Crippen LogP contribution is -2.28. The SMILES string of the molecule is COc1c(Cl)cc(Cl)cc1/C(O)=C1/C(=O)C(=O)N(Cc2ccncc2)C1c1cccs1. The molecule has 9 heteroatoms. The predicted molar refractivity (Wildman–Crippen MR) is 119 cm³/mol. The molecule has 1 fully saturated rings. The summed E-state index contributed by atoms with van der Waals surface area (Å²) in [5.74, 6) is -1.73. The summed E-state index contributed by atoms with van der Waals surface area (Å²) in [6.45, 7) is 0.180. The van der Waals surface area contributed by atoms with E-state index < -0.39 is 23.5 Å². The summed E-state index contributed by atoms with van der Waals surface area (Å²) in [6.07, 6.45) is 3.23. The van der Waals surface area contributed by atoms with Gasteiger partial charge in [-0.05, 0) is 41.3 Å². The first-order chi connectivity index (χ1) is 14.9. The second-order valence-electron chi connectivity index (χ2n) is 6.77. The summed E-state index contributed by atoms with van der Waals surface area (Å²) in [4.78, 5) is 32.2. The van der Waals surface area contributed by atoms with Crippen LogP contribution in [0.2, 0.25) is 10.0 Å². The van der Waals surface area contributed by atoms with Crippen LogP contribution < -0.4 is 4.74 Å². The minimum Gasteiger partial charge on any atom is -0.507 e. The van der Waals surface area contributed by atoms with Crippen molar-refractivity contribution >= 4 is 52.0 Å². The zero-order valence-electron chi connectivity index (χ0n) is 16.2. The van der Waals surface area contributed by atoms with Gasteiger partial charge in [-0.15, -0.1) is 11.3 Å². The van der Waals surface area contributed by atoms with Gasteiger partial charge < -0.3 is 14.7 Å². The molecule has 1 saturated heterocycles. The number of benzene rings is 1. The number of likely N-dealkylation sites (tertiary alicyclic amines) is 1. The van der Waals surface area contributed by atoms with Gasteiger partial charge in [-0.3, -0.25) is 14.6 Å². The van der Waals surface area contributed by atoms with Gasteiger partial charge in [0.05, 0.1) is 29.3 Å². The summed E-state index contributed by atoms with van der Waals surface area (Å²) in [5, 5.41) is 13.5. The van der Waals surface area contributed by atoms with Gasteiger partial charge in [-0.25, -0.2) is 0 Å². The Kier molecular flexibility index (Phi) is 6.00. The normalized spacial score (nSPS) is 17.9. The maximum Gasteiger partial charge on any atom is 0.295 e. The van der Waals surface area contributed by atoms with Crippen molar-refractivity contribution in [1.82, 2.24) is 9.88 Å². The molecule has 0 aliphatic carbocycles. The van der Waals surface area contributed by atoms with Crippen LogP contribution in [0.3, 0.4) is 0 Å². The molecule has 0 spiro atoms. The first-order valence-electron chi connectivity index (χ1n) is 9.16. The number of pyridine rings is 1. The topological polar surface area (TPSA) is 79.7 Å². The number of carbonyl (C=O) groups excluding carboxylic acids is 2. The Labute approximate surface area is 192 Å². The summed E-state index contributed by atoms with van der Waals surface area (Å²) in [5.41, 5.74) is 0.906. The van der Waals surface area contributed by atoms with Crippen LogP contribution in [0.15, 0.2) is 59.7 Å². The molecule has 1 aliphatic heterocycles. The number of methoxy groups -OCH3 is 1. The predicted octanol–water partition coefficient (Wildman–Crippen LogP) is 5.08. The smallest absolute Gasteiger partial charge is 0.295 e. The van der Waals surface area contributed by atoms with Gasteiger partial charge in [0.25, 0.3) is 11.7 Å². The monoisotopic (exact) mass is 474 g/mol. The number of aliphatic hydroxyl groups is 1. The van der Waals surface area contributed by atoms with Crippen molar-refractivity contribution in [3.05, 3.63) is 85.8 Å². The van der Waals surface area contributed by atoms with E-state index in [0.717, 1.165) is 10.4 Å². The highest BCUT2D eigenvalue weighted by molar-refractivity contribution is 7.10. The Morgan fingerprint density at radius 3 is 2.61 bits per heavy atom. The molecule has 1 aliphatic rings. The van der Waals surface area contributed by atoms with Crippen LogP contribution >= 0.6 is 34.5 Å². The number of carbonyl (C=O) groups is 2. The molecule has 3 aromatic rings. The van der Waals surface area contributed by atoms with Gasteiger partial charge in [-0.2, -0.15) is 0 Å². The van der Waals surface area contributed by atoms with E-state index in [4.69, 9.17) is 27.9 Å². The number of nitrogens with zero attached hydrogens (tertiary/aromatic N) is 2. The molecule has 158 valence electrons. The number of aliphatic hydroxyl groups excluding tert-OH is 1. The van der Waals surface area contributed by atoms with E-state index in [9.17, 15) is 14.7 Å². The van der Waals surface area contributed by atoms with E-state index in [-0.39, 0.29) is 33.5 Å². The molecule has 0 saturated carbocycles. The largest absolute Gasteiger partial charge is 0.507 e. The van der Waals surface area contributed by atoms with Crippen LogP contribution in [0, 0.1) is 0 Å². The number of amides is 1. The van der Waals surface area contributed by atoms with Crippen LogP contribution in [0.5, 0.6) is 5.75 Å². The molecule has 1 amide bonds. The third-order valence-electron chi connectivity index (χ3n) is 4.92. The maximum absolute atomic E-state index is 13.1. The van der Waals surface area contributed by atoms with Crippen molar-refractivity contribution in [2.75, 3.05) is 7.11 Å². The molecule has 0 bridgehead atoms. The van der Waals surface area contributed by atoms with Crippen molar-refractivity contribution in [1.29, 1.82) is 0 Å². The lowest BCUT2D eigenvalue weighted by Gasteiger charge is -2.24. The van der Waals surface area contributed by atoms with Crippen molar-refractivity contribution in [2.45, 2.75) is 12.6 Å². The van der Waals surface area contributed by atoms with E-state index >= 15 is 0 Å². The van der Waals surface area contributed by atoms with Crippen LogP contribution in [-0.4, -0.2) is 33.8 Å². The lowest BCUT2D eigenvalue weighted by atomic mass is 9.99. The van der Waals surface area contributed by atoms with E-state index in [0.29, 0.717) is 0 Å². The fourth-order valence-corrected chi connectivity index (χ4v) is 4.98. The van der Waals surface area contributed by atoms with Gasteiger partial charge in [0.15, 0.2) is 0 Å². The summed E-state index contributed by atoms with van der Waals surface area (Å²) in [7, 11) is 1.39. The number of halogens is 2. The third kappa shape index (κ3) is 3.92. The molecular formula is C22H16Cl2N2O4S. The molecule has 31 heavy (non-hydrogen) atoms. The highest BCUT2D eigenvalue weighted by Gasteiger charge is 2.46. The number of hydrogen-bond acceptors (Lipinski definition) is 6. The van der Waals surface area contributed by atoms with Gasteiger partial charge in [0.2, 0.25) is 0 Å². The Morgan fingerprint density at radius 2 is 1.97 bits per heavy atom. The molecular weight excluding hydrogens is 459 g/mol. The molecule has 1 atom stereocenters. The average molecular weight is 475 g/mol. The summed E-state index contributed by atoms with van der Waals surface area (Å²) < 4.78 is 5.32. The maximum atomic E-state index is 13.1. The van der Waals surface area contributed by atoms with Crippen molar-refractivity contribution in [2.24, 2.45) is 0 Å². The van der Waals surface area contributed by atoms with Crippen LogP contribution in [0.4, 0.5) is 0 Å². The fourth-order valence-electron chi connectivity index (χ4n) is 3.56. The van der Waals surface area contributed by atoms with Gasteiger partial charge in [0, 0.05) is 28.8 Å². The van der Waals surface area contributed by atoms with Crippen LogP contribution in [0.1, 0.15) is 22.0 Å². The van der Waals surface area contributed by atoms with E-state index in [1.807, 2.05) is 17.5 Å². The van der Waals surface area contributed by atoms with Gasteiger partial charge in [-0.1, -0.05) is 29.3 Å². The highest BCUT2D eigenvalue weighted by atomic mass is 35.5. The third-order valence-corrected chi connectivity index (χ3v) is 6.35. The summed E-state index contributed by atoms with van der Waals surface area (Å²) in [6, 6.07) is 9.32. The molecule has 6 nitrogen and oxygen atoms in total. The number of rotatable bonds is 5. The Morgan fingerprint density at radius 1 is 1.23 bits per heavy atom. The minimum atomic E-state index is -0.789. The number of ether oxygens (including phenoxy) is 1. The highest BCUT2D eigenvalue weighted by Crippen LogP contribution is 2.44. The zero-order chi connectivity index (χ0) is 22.1. The Bertz CT molecular complexity index is 1180. The van der Waals surface area contributed by atoms with Crippen LogP contribution in [-0.2, 0) is 16.1 Å². The van der Waals surface area contributed by atoms with Crippen molar-refractivity contribution < 1.29 is 19.4 Å². The minimum absolute atomic E-state index is 0.0434. The number of hydrogen-bond donors (Lipinski definition) is 1. The quantitative estimate of drug-likeness (QED) is 0.316. The molecule has 3 heterocycles. The molecule has 4 rings (SSSR count). The first kappa shape index (κ1) is 21.4. The number of thiophene rings is 1. The van der Waals surface area contributed by atoms with E-state index in [1.165, 1.54) is 35.5 Å². The van der Waals surface area contributed by atoms with Crippen LogP contribution in [0.25, 0.3) is 5.76 Å². The van der Waals surface area contributed by atoms with E-state index in [1.54, 1.807) is 24.5 Å². The van der Waals surface area contributed by atoms with Crippen molar-refractivity contribution in [3.8, 4) is 5.75 Å². The fraction of sp³-hybridized carbons (Fsp3) is 0.136. The zero-order valence-corrected chi connectivity index (χ0v) is 18.5. The molecule has 1 aromatic carbocycles. The number of Topliss-reactive ketones (excluding diaryl/α,β-unsaturated/α-hetero) is 1. The van der Waals surface area contributed by atoms with E-state index in [2.05, 4.69) is 4.98 Å².